The number of benzene rings is 3. The molecule has 1 amide bonds. The first-order valence-corrected chi connectivity index (χ1v) is 12.0. The Morgan fingerprint density at radius 1 is 1.03 bits per heavy atom. The van der Waals surface area contributed by atoms with E-state index in [2.05, 4.69) is 10.5 Å². The lowest BCUT2D eigenvalue weighted by Gasteiger charge is -2.24. The number of hydrazone groups is 1. The van der Waals surface area contributed by atoms with E-state index < -0.39 is 22.5 Å². The van der Waals surface area contributed by atoms with Crippen molar-refractivity contribution < 1.29 is 22.7 Å². The van der Waals surface area contributed by atoms with Crippen LogP contribution in [0, 0.1) is 6.92 Å². The molecule has 8 nitrogen and oxygen atoms in total. The number of halogens is 1. The van der Waals surface area contributed by atoms with Gasteiger partial charge in [0, 0.05) is 5.56 Å². The van der Waals surface area contributed by atoms with Crippen molar-refractivity contribution in [1.82, 2.24) is 5.43 Å². The predicted molar refractivity (Wildman–Crippen MR) is 132 cm³/mol. The molecule has 0 aliphatic rings. The molecule has 3 aromatic rings. The highest BCUT2D eigenvalue weighted by Gasteiger charge is 2.27. The first kappa shape index (κ1) is 25.1. The second-order valence-electron chi connectivity index (χ2n) is 7.18. The van der Waals surface area contributed by atoms with Gasteiger partial charge >= 0.3 is 0 Å². The third-order valence-electron chi connectivity index (χ3n) is 4.85. The Hall–Kier alpha value is -3.56. The van der Waals surface area contributed by atoms with Gasteiger partial charge in [-0.2, -0.15) is 5.10 Å². The van der Waals surface area contributed by atoms with Crippen molar-refractivity contribution in [1.29, 1.82) is 0 Å². The third-order valence-corrected chi connectivity index (χ3v) is 6.93. The molecule has 0 bridgehead atoms. The molecule has 0 aliphatic carbocycles. The number of para-hydroxylation sites is 1. The highest BCUT2D eigenvalue weighted by molar-refractivity contribution is 7.92. The number of hydrogen-bond donors (Lipinski definition) is 1. The molecule has 0 aromatic heterocycles. The average molecular weight is 502 g/mol. The minimum Gasteiger partial charge on any atom is -0.496 e. The summed E-state index contributed by atoms with van der Waals surface area (Å²) in [5, 5.41) is 4.14. The zero-order valence-electron chi connectivity index (χ0n) is 18.9. The number of amides is 1. The van der Waals surface area contributed by atoms with E-state index in [1.54, 1.807) is 30.3 Å². The van der Waals surface area contributed by atoms with Crippen LogP contribution in [0.25, 0.3) is 0 Å². The van der Waals surface area contributed by atoms with Crippen LogP contribution in [0.1, 0.15) is 11.1 Å². The molecule has 34 heavy (non-hydrogen) atoms. The molecule has 0 saturated carbocycles. The van der Waals surface area contributed by atoms with Gasteiger partial charge in [0.25, 0.3) is 15.9 Å². The maximum absolute atomic E-state index is 13.4. The zero-order chi connectivity index (χ0) is 24.7. The number of rotatable bonds is 9. The number of ether oxygens (including phenoxy) is 2. The van der Waals surface area contributed by atoms with Crippen LogP contribution in [0.5, 0.6) is 11.5 Å². The summed E-state index contributed by atoms with van der Waals surface area (Å²) in [6, 6.07) is 18.0. The molecule has 0 fully saturated rings. The predicted octanol–water partition coefficient (Wildman–Crippen LogP) is 4.01. The molecule has 3 aromatic carbocycles. The van der Waals surface area contributed by atoms with Crippen molar-refractivity contribution in [3.63, 3.8) is 0 Å². The van der Waals surface area contributed by atoms with Gasteiger partial charge in [0.1, 0.15) is 18.0 Å². The Morgan fingerprint density at radius 2 is 1.71 bits per heavy atom. The number of carbonyl (C=O) groups is 1. The van der Waals surface area contributed by atoms with Gasteiger partial charge in [-0.3, -0.25) is 9.10 Å². The second-order valence-corrected chi connectivity index (χ2v) is 9.45. The van der Waals surface area contributed by atoms with Gasteiger partial charge < -0.3 is 9.47 Å². The fourth-order valence-electron chi connectivity index (χ4n) is 3.08. The highest BCUT2D eigenvalue weighted by atomic mass is 35.5. The topological polar surface area (TPSA) is 97.3 Å². The SMILES string of the molecule is COc1ccc(N(CC(=O)N/N=C\c2ccccc2OC)S(=O)(=O)c2ccc(C)cc2)cc1Cl. The third kappa shape index (κ3) is 5.86. The molecule has 0 spiro atoms. The molecule has 10 heteroatoms. The van der Waals surface area contributed by atoms with Crippen LogP contribution < -0.4 is 19.2 Å². The van der Waals surface area contributed by atoms with Crippen molar-refractivity contribution >= 4 is 39.4 Å². The standard InChI is InChI=1S/C24H24ClN3O5S/c1-17-8-11-20(12-9-17)34(30,31)28(19-10-13-23(33-3)21(25)14-19)16-24(29)27-26-15-18-6-4-5-7-22(18)32-2/h4-15H,16H2,1-3H3,(H,27,29)/b26-15-. The summed E-state index contributed by atoms with van der Waals surface area (Å²) >= 11 is 6.22. The number of aryl methyl sites for hydroxylation is 1. The van der Waals surface area contributed by atoms with E-state index in [1.165, 1.54) is 50.8 Å². The van der Waals surface area contributed by atoms with Crippen LogP contribution in [0.3, 0.4) is 0 Å². The molecule has 0 unspecified atom stereocenters. The molecule has 0 atom stereocenters. The van der Waals surface area contributed by atoms with Gasteiger partial charge in [-0.25, -0.2) is 13.8 Å². The van der Waals surface area contributed by atoms with Gasteiger partial charge in [0.05, 0.1) is 36.0 Å². The van der Waals surface area contributed by atoms with Crippen LogP contribution in [-0.2, 0) is 14.8 Å². The molecule has 0 radical (unpaired) electrons. The van der Waals surface area contributed by atoms with E-state index in [1.807, 2.05) is 13.0 Å². The fourth-order valence-corrected chi connectivity index (χ4v) is 4.74. The Morgan fingerprint density at radius 3 is 2.35 bits per heavy atom. The van der Waals surface area contributed by atoms with E-state index in [-0.39, 0.29) is 15.6 Å². The molecular weight excluding hydrogens is 478 g/mol. The minimum atomic E-state index is -4.09. The van der Waals surface area contributed by atoms with E-state index in [9.17, 15) is 13.2 Å². The van der Waals surface area contributed by atoms with E-state index >= 15 is 0 Å². The normalized spacial score (nSPS) is 11.3. The fraction of sp³-hybridized carbons (Fsp3) is 0.167. The first-order chi connectivity index (χ1) is 16.3. The number of carbonyl (C=O) groups excluding carboxylic acids is 1. The van der Waals surface area contributed by atoms with Crippen LogP contribution in [0.15, 0.2) is 76.7 Å². The molecular formula is C24H24ClN3O5S. The van der Waals surface area contributed by atoms with Crippen molar-refractivity contribution in [3.8, 4) is 11.5 Å². The van der Waals surface area contributed by atoms with E-state index in [0.717, 1.165) is 9.87 Å². The molecule has 0 heterocycles. The summed E-state index contributed by atoms with van der Waals surface area (Å²) in [7, 11) is -1.11. The summed E-state index contributed by atoms with van der Waals surface area (Å²) < 4.78 is 38.2. The Kier molecular flexibility index (Phi) is 8.14. The Balaban J connectivity index is 1.89. The first-order valence-electron chi connectivity index (χ1n) is 10.1. The van der Waals surface area contributed by atoms with Crippen molar-refractivity contribution in [2.75, 3.05) is 25.1 Å². The number of nitrogens with zero attached hydrogens (tertiary/aromatic N) is 2. The van der Waals surface area contributed by atoms with Crippen molar-refractivity contribution in [3.05, 3.63) is 82.9 Å². The van der Waals surface area contributed by atoms with Gasteiger partial charge in [-0.05, 0) is 49.4 Å². The number of nitrogens with one attached hydrogen (secondary N) is 1. The Labute approximate surface area is 203 Å². The monoisotopic (exact) mass is 501 g/mol. The van der Waals surface area contributed by atoms with E-state index in [0.29, 0.717) is 17.1 Å². The Bertz CT molecular complexity index is 1290. The van der Waals surface area contributed by atoms with Gasteiger partial charge in [0.15, 0.2) is 0 Å². The summed E-state index contributed by atoms with van der Waals surface area (Å²) in [6.07, 6.45) is 1.42. The van der Waals surface area contributed by atoms with Crippen LogP contribution in [0.2, 0.25) is 5.02 Å². The molecule has 0 aliphatic heterocycles. The van der Waals surface area contributed by atoms with Gasteiger partial charge in [-0.1, -0.05) is 41.4 Å². The lowest BCUT2D eigenvalue weighted by Crippen LogP contribution is -2.39. The molecule has 178 valence electrons. The highest BCUT2D eigenvalue weighted by Crippen LogP contribution is 2.32. The number of sulfonamides is 1. The van der Waals surface area contributed by atoms with Crippen LogP contribution in [0.4, 0.5) is 5.69 Å². The van der Waals surface area contributed by atoms with E-state index in [4.69, 9.17) is 21.1 Å². The number of hydrogen-bond acceptors (Lipinski definition) is 6. The minimum absolute atomic E-state index is 0.0374. The summed E-state index contributed by atoms with van der Waals surface area (Å²) in [5.74, 6) is 0.315. The lowest BCUT2D eigenvalue weighted by molar-refractivity contribution is -0.119. The van der Waals surface area contributed by atoms with Gasteiger partial charge in [0.2, 0.25) is 0 Å². The zero-order valence-corrected chi connectivity index (χ0v) is 20.4. The smallest absolute Gasteiger partial charge is 0.264 e. The maximum atomic E-state index is 13.4. The summed E-state index contributed by atoms with van der Waals surface area (Å²) in [4.78, 5) is 12.7. The quantitative estimate of drug-likeness (QED) is 0.353. The van der Waals surface area contributed by atoms with Crippen molar-refractivity contribution in [2.45, 2.75) is 11.8 Å². The van der Waals surface area contributed by atoms with Gasteiger partial charge in [-0.15, -0.1) is 0 Å². The van der Waals surface area contributed by atoms with Crippen LogP contribution >= 0.6 is 11.6 Å². The van der Waals surface area contributed by atoms with Crippen LogP contribution in [-0.4, -0.2) is 41.3 Å². The largest absolute Gasteiger partial charge is 0.496 e. The number of anilines is 1. The second kappa shape index (κ2) is 11.0. The average Bonchev–Trinajstić information content (AvgIpc) is 2.83. The summed E-state index contributed by atoms with van der Waals surface area (Å²) in [5.41, 5.74) is 4.12. The lowest BCUT2D eigenvalue weighted by atomic mass is 10.2. The maximum Gasteiger partial charge on any atom is 0.264 e. The molecule has 3 rings (SSSR count). The number of methoxy groups -OCH3 is 2. The molecule has 1 N–H and O–H groups in total. The molecule has 0 saturated heterocycles. The van der Waals surface area contributed by atoms with Crippen molar-refractivity contribution in [2.24, 2.45) is 5.10 Å². The summed E-state index contributed by atoms with van der Waals surface area (Å²) in [6.45, 7) is 1.33.